The number of benzene rings is 1. The smallest absolute Gasteiger partial charge is 0.0983 e. The van der Waals surface area contributed by atoms with Crippen molar-refractivity contribution in [2.24, 2.45) is 0 Å². The molecule has 0 aliphatic rings. The summed E-state index contributed by atoms with van der Waals surface area (Å²) in [4.78, 5) is 0. The van der Waals surface area contributed by atoms with Gasteiger partial charge in [-0.15, -0.1) is 0 Å². The lowest BCUT2D eigenvalue weighted by atomic mass is 10.1. The van der Waals surface area contributed by atoms with Crippen molar-refractivity contribution in [3.63, 3.8) is 0 Å². The first kappa shape index (κ1) is 12.7. The van der Waals surface area contributed by atoms with Gasteiger partial charge >= 0.3 is 0 Å². The van der Waals surface area contributed by atoms with E-state index >= 15 is 0 Å². The van der Waals surface area contributed by atoms with Crippen LogP contribution in [0.25, 0.3) is 0 Å². The van der Waals surface area contributed by atoms with E-state index in [-0.39, 0.29) is 0 Å². The molecule has 0 aliphatic carbocycles. The van der Waals surface area contributed by atoms with E-state index in [1.165, 1.54) is 11.1 Å². The molecule has 0 atom stereocenters. The quantitative estimate of drug-likeness (QED) is 0.521. The number of halogens is 2. The Labute approximate surface area is 112 Å². The molecule has 4 heteroatoms. The lowest BCUT2D eigenvalue weighted by Gasteiger charge is -2.04. The van der Waals surface area contributed by atoms with Crippen LogP contribution in [0.2, 0.25) is 0 Å². The van der Waals surface area contributed by atoms with Gasteiger partial charge < -0.3 is 9.47 Å². The van der Waals surface area contributed by atoms with Gasteiger partial charge in [0.2, 0.25) is 0 Å². The molecule has 0 aliphatic heterocycles. The van der Waals surface area contributed by atoms with E-state index < -0.39 is 0 Å². The lowest BCUT2D eigenvalue weighted by molar-refractivity contribution is 0.172. The Morgan fingerprint density at radius 1 is 0.929 bits per heavy atom. The minimum absolute atomic E-state index is 0.682. The van der Waals surface area contributed by atoms with Gasteiger partial charge in [0.15, 0.2) is 0 Å². The number of alkyl halides is 2. The SMILES string of the molecule is ICOCc1cccc(COCI)c1. The third-order valence-electron chi connectivity index (χ3n) is 1.68. The Morgan fingerprint density at radius 2 is 1.43 bits per heavy atom. The van der Waals surface area contributed by atoms with Crippen molar-refractivity contribution < 1.29 is 9.47 Å². The van der Waals surface area contributed by atoms with E-state index in [0.29, 0.717) is 13.2 Å². The summed E-state index contributed by atoms with van der Waals surface area (Å²) in [6, 6.07) is 8.30. The molecule has 0 N–H and O–H groups in total. The minimum atomic E-state index is 0.682. The molecular formula is C10H12I2O2. The highest BCUT2D eigenvalue weighted by Gasteiger charge is 1.96. The highest BCUT2D eigenvalue weighted by Crippen LogP contribution is 2.08. The Balaban J connectivity index is 2.50. The van der Waals surface area contributed by atoms with Crippen LogP contribution in [-0.2, 0) is 22.7 Å². The van der Waals surface area contributed by atoms with Crippen molar-refractivity contribution in [3.8, 4) is 0 Å². The van der Waals surface area contributed by atoms with Gasteiger partial charge in [0, 0.05) is 0 Å². The van der Waals surface area contributed by atoms with Crippen molar-refractivity contribution in [1.82, 2.24) is 0 Å². The van der Waals surface area contributed by atoms with Crippen molar-refractivity contribution >= 4 is 45.2 Å². The zero-order valence-corrected chi connectivity index (χ0v) is 12.0. The van der Waals surface area contributed by atoms with Crippen LogP contribution in [0.15, 0.2) is 24.3 Å². The number of hydrogen-bond acceptors (Lipinski definition) is 2. The molecule has 1 aromatic rings. The first-order chi connectivity index (χ1) is 6.86. The maximum Gasteiger partial charge on any atom is 0.0983 e. The second kappa shape index (κ2) is 7.84. The van der Waals surface area contributed by atoms with Crippen LogP contribution < -0.4 is 0 Å². The molecule has 0 bridgehead atoms. The van der Waals surface area contributed by atoms with Crippen LogP contribution in [0, 0.1) is 0 Å². The van der Waals surface area contributed by atoms with Crippen LogP contribution >= 0.6 is 45.2 Å². The molecule has 0 radical (unpaired) electrons. The summed E-state index contributed by atoms with van der Waals surface area (Å²) in [6.45, 7) is 1.36. The highest BCUT2D eigenvalue weighted by molar-refractivity contribution is 14.1. The van der Waals surface area contributed by atoms with Gasteiger partial charge in [-0.05, 0) is 11.1 Å². The molecule has 2 nitrogen and oxygen atoms in total. The summed E-state index contributed by atoms with van der Waals surface area (Å²) in [6.07, 6.45) is 0. The predicted octanol–water partition coefficient (Wildman–Crippen LogP) is 3.50. The summed E-state index contributed by atoms with van der Waals surface area (Å²) in [5, 5.41) is 0. The van der Waals surface area contributed by atoms with E-state index in [9.17, 15) is 0 Å². The summed E-state index contributed by atoms with van der Waals surface area (Å²) < 4.78 is 12.1. The van der Waals surface area contributed by atoms with Gasteiger partial charge in [-0.2, -0.15) is 0 Å². The maximum absolute atomic E-state index is 5.32. The van der Waals surface area contributed by atoms with Gasteiger partial charge in [-0.3, -0.25) is 0 Å². The standard InChI is InChI=1S/C10H12I2O2/c11-7-13-5-9-2-1-3-10(4-9)6-14-8-12/h1-4H,5-8H2. The fourth-order valence-corrected chi connectivity index (χ4v) is 1.56. The first-order valence-electron chi connectivity index (χ1n) is 4.22. The average Bonchev–Trinajstić information content (AvgIpc) is 2.24. The van der Waals surface area contributed by atoms with Gasteiger partial charge in [-0.25, -0.2) is 0 Å². The Morgan fingerprint density at radius 3 is 1.86 bits per heavy atom. The van der Waals surface area contributed by atoms with Crippen LogP contribution in [0.4, 0.5) is 0 Å². The fraction of sp³-hybridized carbons (Fsp3) is 0.400. The minimum Gasteiger partial charge on any atom is -0.366 e. The van der Waals surface area contributed by atoms with Gasteiger partial charge in [-0.1, -0.05) is 69.4 Å². The molecule has 0 heterocycles. The van der Waals surface area contributed by atoms with E-state index in [1.807, 2.05) is 6.07 Å². The van der Waals surface area contributed by atoms with E-state index in [0.717, 1.165) is 9.23 Å². The summed E-state index contributed by atoms with van der Waals surface area (Å²) >= 11 is 4.40. The van der Waals surface area contributed by atoms with Crippen LogP contribution in [0.1, 0.15) is 11.1 Å². The summed E-state index contributed by atoms with van der Waals surface area (Å²) in [5.74, 6) is 0. The monoisotopic (exact) mass is 418 g/mol. The Bertz CT molecular complexity index is 243. The zero-order chi connectivity index (χ0) is 10.2. The molecule has 1 rings (SSSR count). The summed E-state index contributed by atoms with van der Waals surface area (Å²) in [5.41, 5.74) is 2.41. The lowest BCUT2D eigenvalue weighted by Crippen LogP contribution is -1.94. The van der Waals surface area contributed by atoms with Gasteiger partial charge in [0.25, 0.3) is 0 Å². The normalized spacial score (nSPS) is 10.4. The predicted molar refractivity (Wildman–Crippen MR) is 73.8 cm³/mol. The van der Waals surface area contributed by atoms with Crippen molar-refractivity contribution in [3.05, 3.63) is 35.4 Å². The highest BCUT2D eigenvalue weighted by atomic mass is 127. The van der Waals surface area contributed by atoms with Crippen LogP contribution in [-0.4, -0.2) is 9.23 Å². The molecule has 0 fully saturated rings. The third kappa shape index (κ3) is 4.90. The molecule has 0 spiro atoms. The molecular weight excluding hydrogens is 406 g/mol. The average molecular weight is 418 g/mol. The molecule has 0 saturated heterocycles. The van der Waals surface area contributed by atoms with Crippen molar-refractivity contribution in [2.75, 3.05) is 9.23 Å². The van der Waals surface area contributed by atoms with Crippen molar-refractivity contribution in [1.29, 1.82) is 0 Å². The fourth-order valence-electron chi connectivity index (χ4n) is 1.12. The van der Waals surface area contributed by atoms with Gasteiger partial charge in [0.1, 0.15) is 0 Å². The molecule has 0 unspecified atom stereocenters. The topological polar surface area (TPSA) is 18.5 Å². The number of ether oxygens (including phenoxy) is 2. The largest absolute Gasteiger partial charge is 0.366 e. The molecule has 14 heavy (non-hydrogen) atoms. The van der Waals surface area contributed by atoms with Crippen molar-refractivity contribution in [2.45, 2.75) is 13.2 Å². The summed E-state index contributed by atoms with van der Waals surface area (Å²) in [7, 11) is 0. The molecule has 0 saturated carbocycles. The molecule has 0 aromatic heterocycles. The first-order valence-corrected chi connectivity index (χ1v) is 7.27. The Hall–Kier alpha value is 0.600. The maximum atomic E-state index is 5.32. The molecule has 1 aromatic carbocycles. The molecule has 78 valence electrons. The van der Waals surface area contributed by atoms with E-state index in [2.05, 4.69) is 63.4 Å². The van der Waals surface area contributed by atoms with Crippen LogP contribution in [0.5, 0.6) is 0 Å². The second-order valence-corrected chi connectivity index (χ2v) is 3.98. The number of rotatable bonds is 6. The van der Waals surface area contributed by atoms with Crippen LogP contribution in [0.3, 0.4) is 0 Å². The third-order valence-corrected chi connectivity index (χ3v) is 2.56. The molecule has 0 amide bonds. The zero-order valence-electron chi connectivity index (χ0n) is 7.71. The Kier molecular flexibility index (Phi) is 7.09. The second-order valence-electron chi connectivity index (χ2n) is 2.74. The number of hydrogen-bond donors (Lipinski definition) is 0. The van der Waals surface area contributed by atoms with E-state index in [4.69, 9.17) is 9.47 Å². The van der Waals surface area contributed by atoms with E-state index in [1.54, 1.807) is 0 Å². The van der Waals surface area contributed by atoms with Gasteiger partial charge in [0.05, 0.1) is 22.4 Å².